The molecule has 1 aromatic rings. The van der Waals surface area contributed by atoms with Gasteiger partial charge in [-0.3, -0.25) is 4.79 Å². The number of rotatable bonds is 3. The molecule has 18 heavy (non-hydrogen) atoms. The molecular formula is C13H21N3OS. The molecule has 1 amide bonds. The van der Waals surface area contributed by atoms with Gasteiger partial charge in [0, 0.05) is 24.4 Å². The highest BCUT2D eigenvalue weighted by Gasteiger charge is 2.36. The van der Waals surface area contributed by atoms with Crippen LogP contribution < -0.4 is 5.73 Å². The van der Waals surface area contributed by atoms with Gasteiger partial charge in [0.15, 0.2) is 0 Å². The number of nitrogens with zero attached hydrogens (tertiary/aromatic N) is 2. The number of likely N-dealkylation sites (tertiary alicyclic amines) is 1. The van der Waals surface area contributed by atoms with Gasteiger partial charge in [0.05, 0.1) is 16.7 Å². The second-order valence-corrected chi connectivity index (χ2v) is 6.44. The van der Waals surface area contributed by atoms with Gasteiger partial charge in [-0.1, -0.05) is 13.8 Å². The van der Waals surface area contributed by atoms with E-state index in [2.05, 4.69) is 18.8 Å². The van der Waals surface area contributed by atoms with Crippen LogP contribution in [-0.2, 0) is 4.79 Å². The molecule has 5 heteroatoms. The van der Waals surface area contributed by atoms with Crippen LogP contribution in [0.4, 0.5) is 0 Å². The minimum absolute atomic E-state index is 0.00273. The van der Waals surface area contributed by atoms with E-state index in [4.69, 9.17) is 5.73 Å². The van der Waals surface area contributed by atoms with E-state index in [0.717, 1.165) is 23.7 Å². The molecule has 1 aliphatic rings. The minimum atomic E-state index is -0.0430. The number of piperidine rings is 1. The highest BCUT2D eigenvalue weighted by atomic mass is 32.1. The zero-order valence-electron chi connectivity index (χ0n) is 11.2. The summed E-state index contributed by atoms with van der Waals surface area (Å²) in [5.41, 5.74) is 7.18. The Labute approximate surface area is 112 Å². The van der Waals surface area contributed by atoms with Gasteiger partial charge in [0.2, 0.25) is 5.91 Å². The molecule has 2 N–H and O–H groups in total. The molecular weight excluding hydrogens is 246 g/mol. The zero-order valence-corrected chi connectivity index (χ0v) is 12.0. The van der Waals surface area contributed by atoms with E-state index in [-0.39, 0.29) is 18.0 Å². The van der Waals surface area contributed by atoms with Crippen molar-refractivity contribution in [3.05, 3.63) is 16.1 Å². The Kier molecular flexibility index (Phi) is 4.02. The summed E-state index contributed by atoms with van der Waals surface area (Å²) >= 11 is 1.62. The molecule has 1 fully saturated rings. The Morgan fingerprint density at radius 2 is 2.33 bits per heavy atom. The van der Waals surface area contributed by atoms with Crippen LogP contribution in [-0.4, -0.2) is 28.4 Å². The lowest BCUT2D eigenvalue weighted by Gasteiger charge is -2.39. The molecule has 0 bridgehead atoms. The first kappa shape index (κ1) is 13.5. The van der Waals surface area contributed by atoms with Gasteiger partial charge in [-0.05, 0) is 19.3 Å². The molecule has 1 saturated heterocycles. The second kappa shape index (κ2) is 5.36. The smallest absolute Gasteiger partial charge is 0.223 e. The van der Waals surface area contributed by atoms with Crippen molar-refractivity contribution in [2.24, 2.45) is 11.7 Å². The topological polar surface area (TPSA) is 59.2 Å². The highest BCUT2D eigenvalue weighted by molar-refractivity contribution is 7.09. The van der Waals surface area contributed by atoms with Gasteiger partial charge in [-0.2, -0.15) is 0 Å². The maximum absolute atomic E-state index is 12.1. The first-order chi connectivity index (χ1) is 8.49. The van der Waals surface area contributed by atoms with Crippen molar-refractivity contribution >= 4 is 17.2 Å². The molecule has 0 spiro atoms. The molecule has 2 rings (SSSR count). The Morgan fingerprint density at radius 3 is 2.89 bits per heavy atom. The van der Waals surface area contributed by atoms with Crippen LogP contribution in [0.25, 0.3) is 0 Å². The van der Waals surface area contributed by atoms with E-state index in [9.17, 15) is 4.79 Å². The zero-order chi connectivity index (χ0) is 13.3. The van der Waals surface area contributed by atoms with E-state index >= 15 is 0 Å². The number of thiazole rings is 1. The van der Waals surface area contributed by atoms with Crippen molar-refractivity contribution in [3.63, 3.8) is 0 Å². The van der Waals surface area contributed by atoms with Crippen LogP contribution in [0, 0.1) is 12.8 Å². The lowest BCUT2D eigenvalue weighted by atomic mass is 9.93. The van der Waals surface area contributed by atoms with E-state index in [1.807, 2.05) is 17.2 Å². The van der Waals surface area contributed by atoms with Gasteiger partial charge in [-0.15, -0.1) is 11.3 Å². The number of carbonyl (C=O) groups is 1. The maximum Gasteiger partial charge on any atom is 0.223 e. The van der Waals surface area contributed by atoms with Gasteiger partial charge in [0.25, 0.3) is 0 Å². The fourth-order valence-corrected chi connectivity index (χ4v) is 3.12. The summed E-state index contributed by atoms with van der Waals surface area (Å²) in [6.45, 7) is 6.98. The molecule has 0 aliphatic carbocycles. The Hall–Kier alpha value is -0.940. The number of carbonyl (C=O) groups excluding carboxylic acids is 1. The summed E-state index contributed by atoms with van der Waals surface area (Å²) < 4.78 is 0. The highest BCUT2D eigenvalue weighted by Crippen LogP contribution is 2.32. The number of aryl methyl sites for hydroxylation is 1. The summed E-state index contributed by atoms with van der Waals surface area (Å²) in [6.07, 6.45) is 1.32. The first-order valence-electron chi connectivity index (χ1n) is 6.46. The molecule has 2 atom stereocenters. The van der Waals surface area contributed by atoms with Gasteiger partial charge in [-0.25, -0.2) is 4.98 Å². The molecule has 100 valence electrons. The molecule has 2 unspecified atom stereocenters. The Balaban J connectivity index is 2.28. The lowest BCUT2D eigenvalue weighted by molar-refractivity contribution is -0.138. The monoisotopic (exact) mass is 267 g/mol. The Bertz CT molecular complexity index is 430. The van der Waals surface area contributed by atoms with E-state index < -0.39 is 0 Å². The van der Waals surface area contributed by atoms with Crippen LogP contribution in [0.15, 0.2) is 5.38 Å². The average molecular weight is 267 g/mol. The predicted octanol–water partition coefficient (Wildman–Crippen LogP) is 2.10. The molecule has 0 radical (unpaired) electrons. The van der Waals surface area contributed by atoms with Crippen molar-refractivity contribution in [2.75, 3.05) is 6.54 Å². The summed E-state index contributed by atoms with van der Waals surface area (Å²) in [5, 5.41) is 3.06. The fourth-order valence-electron chi connectivity index (χ4n) is 2.48. The third kappa shape index (κ3) is 2.72. The van der Waals surface area contributed by atoms with Crippen molar-refractivity contribution in [2.45, 2.75) is 45.7 Å². The van der Waals surface area contributed by atoms with Crippen molar-refractivity contribution < 1.29 is 4.79 Å². The average Bonchev–Trinajstić information content (AvgIpc) is 2.70. The van der Waals surface area contributed by atoms with Crippen molar-refractivity contribution in [1.82, 2.24) is 9.88 Å². The SMILES string of the molecule is Cc1nc(C2C(N)CCC(=O)N2CC(C)C)cs1. The minimum Gasteiger partial charge on any atom is -0.332 e. The quantitative estimate of drug-likeness (QED) is 0.912. The number of hydrogen-bond donors (Lipinski definition) is 1. The summed E-state index contributed by atoms with van der Waals surface area (Å²) in [6, 6.07) is -0.0402. The third-order valence-corrected chi connectivity index (χ3v) is 4.05. The molecule has 0 saturated carbocycles. The van der Waals surface area contributed by atoms with Crippen LogP contribution in [0.5, 0.6) is 0 Å². The van der Waals surface area contributed by atoms with Crippen LogP contribution >= 0.6 is 11.3 Å². The first-order valence-corrected chi connectivity index (χ1v) is 7.34. The number of hydrogen-bond acceptors (Lipinski definition) is 4. The standard InChI is InChI=1S/C13H21N3OS/c1-8(2)6-16-12(17)5-4-10(14)13(16)11-7-18-9(3)15-11/h7-8,10,13H,4-6,14H2,1-3H3. The van der Waals surface area contributed by atoms with Gasteiger partial charge in [0.1, 0.15) is 0 Å². The Morgan fingerprint density at radius 1 is 1.61 bits per heavy atom. The normalized spacial score (nSPS) is 24.9. The van der Waals surface area contributed by atoms with Gasteiger partial charge < -0.3 is 10.6 Å². The molecule has 4 nitrogen and oxygen atoms in total. The van der Waals surface area contributed by atoms with E-state index in [1.165, 1.54) is 0 Å². The molecule has 2 heterocycles. The van der Waals surface area contributed by atoms with Gasteiger partial charge >= 0.3 is 0 Å². The summed E-state index contributed by atoms with van der Waals surface area (Å²) in [7, 11) is 0. The van der Waals surface area contributed by atoms with Crippen molar-refractivity contribution in [3.8, 4) is 0 Å². The molecule has 0 aromatic carbocycles. The lowest BCUT2D eigenvalue weighted by Crippen LogP contribution is -2.50. The van der Waals surface area contributed by atoms with E-state index in [0.29, 0.717) is 12.3 Å². The number of amides is 1. The van der Waals surface area contributed by atoms with Crippen LogP contribution in [0.3, 0.4) is 0 Å². The predicted molar refractivity (Wildman–Crippen MR) is 73.4 cm³/mol. The molecule has 1 aliphatic heterocycles. The molecule has 1 aromatic heterocycles. The van der Waals surface area contributed by atoms with Crippen LogP contribution in [0.2, 0.25) is 0 Å². The number of aromatic nitrogens is 1. The maximum atomic E-state index is 12.1. The number of nitrogens with two attached hydrogens (primary N) is 1. The van der Waals surface area contributed by atoms with Crippen molar-refractivity contribution in [1.29, 1.82) is 0 Å². The largest absolute Gasteiger partial charge is 0.332 e. The fraction of sp³-hybridized carbons (Fsp3) is 0.692. The van der Waals surface area contributed by atoms with E-state index in [1.54, 1.807) is 11.3 Å². The third-order valence-electron chi connectivity index (χ3n) is 3.25. The summed E-state index contributed by atoms with van der Waals surface area (Å²) in [5.74, 6) is 0.655. The summed E-state index contributed by atoms with van der Waals surface area (Å²) in [4.78, 5) is 18.6. The van der Waals surface area contributed by atoms with Crippen LogP contribution in [0.1, 0.15) is 43.4 Å². The second-order valence-electron chi connectivity index (χ2n) is 5.38.